The van der Waals surface area contributed by atoms with Crippen LogP contribution in [0.2, 0.25) is 5.02 Å². The zero-order valence-electron chi connectivity index (χ0n) is 9.73. The van der Waals surface area contributed by atoms with Crippen LogP contribution in [-0.2, 0) is 26.4 Å². The minimum Gasteiger partial charge on any atom is -0.324 e. The van der Waals surface area contributed by atoms with Gasteiger partial charge in [0.15, 0.2) is 5.82 Å². The maximum absolute atomic E-state index is 6.10. The van der Waals surface area contributed by atoms with E-state index in [4.69, 9.17) is 17.3 Å². The van der Waals surface area contributed by atoms with Gasteiger partial charge in [0.2, 0.25) is 0 Å². The van der Waals surface area contributed by atoms with Crippen LogP contribution in [0.25, 0.3) is 0 Å². The van der Waals surface area contributed by atoms with Crippen molar-refractivity contribution in [3.63, 3.8) is 0 Å². The van der Waals surface area contributed by atoms with Crippen molar-refractivity contribution < 1.29 is 0 Å². The summed E-state index contributed by atoms with van der Waals surface area (Å²) in [5, 5.41) is 5.01. The predicted molar refractivity (Wildman–Crippen MR) is 67.8 cm³/mol. The second-order valence-electron chi connectivity index (χ2n) is 3.86. The number of rotatable bonds is 4. The Morgan fingerprint density at radius 2 is 2.06 bits per heavy atom. The van der Waals surface area contributed by atoms with Gasteiger partial charge in [-0.05, 0) is 18.1 Å². The summed E-state index contributed by atoms with van der Waals surface area (Å²) >= 11 is 6.10. The van der Waals surface area contributed by atoms with Crippen LogP contribution < -0.4 is 5.73 Å². The lowest BCUT2D eigenvalue weighted by molar-refractivity contribution is 0.686. The first-order valence-corrected chi connectivity index (χ1v) is 5.90. The molecule has 5 heteroatoms. The van der Waals surface area contributed by atoms with E-state index in [0.717, 1.165) is 29.3 Å². The highest BCUT2D eigenvalue weighted by atomic mass is 35.5. The van der Waals surface area contributed by atoms with Gasteiger partial charge in [-0.2, -0.15) is 5.10 Å². The molecule has 1 aromatic heterocycles. The number of nitrogens with zero attached hydrogens (tertiary/aromatic N) is 3. The van der Waals surface area contributed by atoms with Crippen LogP contribution in [0.5, 0.6) is 0 Å². The van der Waals surface area contributed by atoms with Gasteiger partial charge in [-0.15, -0.1) is 0 Å². The van der Waals surface area contributed by atoms with E-state index in [1.54, 1.807) is 4.68 Å². The SMILES string of the molecule is Cn1nc(CN)nc1CCc1ccccc1Cl. The van der Waals surface area contributed by atoms with Crippen molar-refractivity contribution in [3.8, 4) is 0 Å². The van der Waals surface area contributed by atoms with E-state index in [1.807, 2.05) is 31.3 Å². The van der Waals surface area contributed by atoms with Crippen molar-refractivity contribution in [1.29, 1.82) is 0 Å². The van der Waals surface area contributed by atoms with E-state index in [0.29, 0.717) is 12.4 Å². The molecule has 0 aliphatic heterocycles. The molecule has 0 aliphatic carbocycles. The van der Waals surface area contributed by atoms with Crippen molar-refractivity contribution >= 4 is 11.6 Å². The topological polar surface area (TPSA) is 56.7 Å². The Labute approximate surface area is 105 Å². The maximum atomic E-state index is 6.10. The summed E-state index contributed by atoms with van der Waals surface area (Å²) in [6.07, 6.45) is 1.67. The second kappa shape index (κ2) is 5.29. The minimum atomic E-state index is 0.375. The first-order valence-electron chi connectivity index (χ1n) is 5.53. The molecule has 1 heterocycles. The van der Waals surface area contributed by atoms with Gasteiger partial charge in [0, 0.05) is 18.5 Å². The van der Waals surface area contributed by atoms with Crippen molar-refractivity contribution in [3.05, 3.63) is 46.5 Å². The number of halogens is 1. The molecule has 0 saturated heterocycles. The zero-order chi connectivity index (χ0) is 12.3. The third-order valence-corrected chi connectivity index (χ3v) is 3.02. The quantitative estimate of drug-likeness (QED) is 0.899. The van der Waals surface area contributed by atoms with Gasteiger partial charge in [0.05, 0.1) is 6.54 Å². The Hall–Kier alpha value is -1.39. The number of benzene rings is 1. The standard InChI is InChI=1S/C12H15ClN4/c1-17-12(15-11(8-14)16-17)7-6-9-4-2-3-5-10(9)13/h2-5H,6-8,14H2,1H3. The molecule has 90 valence electrons. The second-order valence-corrected chi connectivity index (χ2v) is 4.27. The number of aryl methyl sites for hydroxylation is 3. The van der Waals surface area contributed by atoms with E-state index >= 15 is 0 Å². The third-order valence-electron chi connectivity index (χ3n) is 2.66. The first-order chi connectivity index (χ1) is 8.20. The monoisotopic (exact) mass is 250 g/mol. The van der Waals surface area contributed by atoms with Gasteiger partial charge >= 0.3 is 0 Å². The van der Waals surface area contributed by atoms with Gasteiger partial charge in [-0.1, -0.05) is 29.8 Å². The van der Waals surface area contributed by atoms with E-state index in [9.17, 15) is 0 Å². The number of hydrogen-bond donors (Lipinski definition) is 1. The fourth-order valence-corrected chi connectivity index (χ4v) is 1.96. The number of aromatic nitrogens is 3. The summed E-state index contributed by atoms with van der Waals surface area (Å²) in [6, 6.07) is 7.85. The molecule has 2 rings (SSSR count). The van der Waals surface area contributed by atoms with Crippen molar-refractivity contribution in [1.82, 2.24) is 14.8 Å². The Bertz CT molecular complexity index is 507. The molecule has 1 aromatic carbocycles. The lowest BCUT2D eigenvalue weighted by atomic mass is 10.1. The van der Waals surface area contributed by atoms with Crippen LogP contribution >= 0.6 is 11.6 Å². The van der Waals surface area contributed by atoms with Gasteiger partial charge in [0.1, 0.15) is 5.82 Å². The summed E-state index contributed by atoms with van der Waals surface area (Å²) in [7, 11) is 1.88. The van der Waals surface area contributed by atoms with Crippen molar-refractivity contribution in [2.45, 2.75) is 19.4 Å². The van der Waals surface area contributed by atoms with E-state index < -0.39 is 0 Å². The van der Waals surface area contributed by atoms with Crippen LogP contribution in [0.1, 0.15) is 17.2 Å². The largest absolute Gasteiger partial charge is 0.324 e. The van der Waals surface area contributed by atoms with Crippen LogP contribution in [0.15, 0.2) is 24.3 Å². The van der Waals surface area contributed by atoms with Gasteiger partial charge in [-0.25, -0.2) is 4.98 Å². The molecular weight excluding hydrogens is 236 g/mol. The molecule has 0 unspecified atom stereocenters. The number of hydrogen-bond acceptors (Lipinski definition) is 3. The fraction of sp³-hybridized carbons (Fsp3) is 0.333. The van der Waals surface area contributed by atoms with Crippen molar-refractivity contribution in [2.75, 3.05) is 0 Å². The first kappa shape index (κ1) is 12.1. The van der Waals surface area contributed by atoms with Gasteiger partial charge < -0.3 is 5.73 Å². The Morgan fingerprint density at radius 3 is 2.71 bits per heavy atom. The molecule has 0 aliphatic rings. The molecule has 0 atom stereocenters. The summed E-state index contributed by atoms with van der Waals surface area (Å²) in [6.45, 7) is 0.375. The molecule has 0 spiro atoms. The molecule has 0 fully saturated rings. The highest BCUT2D eigenvalue weighted by Gasteiger charge is 2.07. The zero-order valence-corrected chi connectivity index (χ0v) is 10.5. The Kier molecular flexibility index (Phi) is 3.76. The highest BCUT2D eigenvalue weighted by molar-refractivity contribution is 6.31. The van der Waals surface area contributed by atoms with Gasteiger partial charge in [0.25, 0.3) is 0 Å². The normalized spacial score (nSPS) is 10.8. The van der Waals surface area contributed by atoms with E-state index in [1.165, 1.54) is 0 Å². The average Bonchev–Trinajstić information content (AvgIpc) is 2.69. The summed E-state index contributed by atoms with van der Waals surface area (Å²) in [5.41, 5.74) is 6.63. The molecule has 0 saturated carbocycles. The van der Waals surface area contributed by atoms with Crippen LogP contribution in [-0.4, -0.2) is 14.8 Å². The maximum Gasteiger partial charge on any atom is 0.164 e. The summed E-state index contributed by atoms with van der Waals surface area (Å²) in [5.74, 6) is 1.62. The van der Waals surface area contributed by atoms with Gasteiger partial charge in [-0.3, -0.25) is 4.68 Å². The lowest BCUT2D eigenvalue weighted by Crippen LogP contribution is -2.02. The fourth-order valence-electron chi connectivity index (χ4n) is 1.73. The molecule has 0 bridgehead atoms. The van der Waals surface area contributed by atoms with E-state index in [-0.39, 0.29) is 0 Å². The van der Waals surface area contributed by atoms with Crippen molar-refractivity contribution in [2.24, 2.45) is 12.8 Å². The van der Waals surface area contributed by atoms with E-state index in [2.05, 4.69) is 10.1 Å². The van der Waals surface area contributed by atoms with Crippen LogP contribution in [0.4, 0.5) is 0 Å². The third kappa shape index (κ3) is 2.84. The molecule has 0 amide bonds. The molecule has 17 heavy (non-hydrogen) atoms. The molecular formula is C12H15ClN4. The predicted octanol–water partition coefficient (Wildman–Crippen LogP) is 1.71. The summed E-state index contributed by atoms with van der Waals surface area (Å²) in [4.78, 5) is 4.36. The molecule has 2 aromatic rings. The van der Waals surface area contributed by atoms with Crippen LogP contribution in [0.3, 0.4) is 0 Å². The minimum absolute atomic E-state index is 0.375. The number of nitrogens with two attached hydrogens (primary N) is 1. The van der Waals surface area contributed by atoms with Crippen LogP contribution in [0, 0.1) is 0 Å². The lowest BCUT2D eigenvalue weighted by Gasteiger charge is -2.03. The molecule has 0 radical (unpaired) electrons. The summed E-state index contributed by atoms with van der Waals surface area (Å²) < 4.78 is 1.78. The molecule has 2 N–H and O–H groups in total. The smallest absolute Gasteiger partial charge is 0.164 e. The molecule has 4 nitrogen and oxygen atoms in total. The average molecular weight is 251 g/mol. The Morgan fingerprint density at radius 1 is 1.29 bits per heavy atom. The highest BCUT2D eigenvalue weighted by Crippen LogP contribution is 2.16. The Balaban J connectivity index is 2.07.